The van der Waals surface area contributed by atoms with Gasteiger partial charge in [-0.2, -0.15) is 0 Å². The molecule has 0 amide bonds. The van der Waals surface area contributed by atoms with Gasteiger partial charge in [-0.3, -0.25) is 5.84 Å². The number of imidazole rings is 1. The van der Waals surface area contributed by atoms with Crippen molar-refractivity contribution in [1.29, 1.82) is 0 Å². The lowest BCUT2D eigenvalue weighted by Gasteiger charge is -2.18. The molecule has 3 N–H and O–H groups in total. The molecule has 0 bridgehead atoms. The SMILES string of the molecule is CCCn1ccnc1C(NN)c1ccc2c(c1)CCO2. The third-order valence-electron chi connectivity index (χ3n) is 3.68. The molecule has 2 heterocycles. The van der Waals surface area contributed by atoms with Crippen molar-refractivity contribution in [3.8, 4) is 5.75 Å². The van der Waals surface area contributed by atoms with E-state index in [2.05, 4.69) is 34.0 Å². The Labute approximate surface area is 118 Å². The topological polar surface area (TPSA) is 65.1 Å². The zero-order valence-electron chi connectivity index (χ0n) is 11.7. The molecule has 5 nitrogen and oxygen atoms in total. The van der Waals surface area contributed by atoms with E-state index in [1.54, 1.807) is 0 Å². The van der Waals surface area contributed by atoms with Gasteiger partial charge < -0.3 is 9.30 Å². The molecule has 3 rings (SSSR count). The molecule has 1 aromatic carbocycles. The van der Waals surface area contributed by atoms with Gasteiger partial charge in [-0.05, 0) is 29.7 Å². The number of ether oxygens (including phenoxy) is 1. The molecule has 0 saturated carbocycles. The van der Waals surface area contributed by atoms with Gasteiger partial charge in [-0.1, -0.05) is 13.0 Å². The molecule has 1 aliphatic heterocycles. The standard InChI is InChI=1S/C15H20N4O/c1-2-7-19-8-6-17-15(19)14(18-16)12-3-4-13-11(10-12)5-9-20-13/h3-4,6,8,10,14,18H,2,5,7,9,16H2,1H3. The Hall–Kier alpha value is -1.85. The summed E-state index contributed by atoms with van der Waals surface area (Å²) in [5.41, 5.74) is 5.26. The normalized spacial score (nSPS) is 14.9. The lowest BCUT2D eigenvalue weighted by atomic mass is 10.0. The minimum absolute atomic E-state index is 0.0950. The smallest absolute Gasteiger partial charge is 0.131 e. The van der Waals surface area contributed by atoms with Gasteiger partial charge in [0.05, 0.1) is 6.61 Å². The fourth-order valence-electron chi connectivity index (χ4n) is 2.72. The van der Waals surface area contributed by atoms with E-state index in [1.807, 2.05) is 18.5 Å². The van der Waals surface area contributed by atoms with Gasteiger partial charge in [0.25, 0.3) is 0 Å². The van der Waals surface area contributed by atoms with Crippen LogP contribution >= 0.6 is 0 Å². The van der Waals surface area contributed by atoms with E-state index >= 15 is 0 Å². The molecular weight excluding hydrogens is 252 g/mol. The number of nitrogens with zero attached hydrogens (tertiary/aromatic N) is 2. The number of hydrazine groups is 1. The maximum absolute atomic E-state index is 5.77. The van der Waals surface area contributed by atoms with Crippen molar-refractivity contribution in [3.63, 3.8) is 0 Å². The van der Waals surface area contributed by atoms with Gasteiger partial charge in [0, 0.05) is 25.4 Å². The summed E-state index contributed by atoms with van der Waals surface area (Å²) in [6.45, 7) is 3.87. The second-order valence-corrected chi connectivity index (χ2v) is 5.04. The van der Waals surface area contributed by atoms with Crippen molar-refractivity contribution >= 4 is 0 Å². The summed E-state index contributed by atoms with van der Waals surface area (Å²) >= 11 is 0. The average molecular weight is 272 g/mol. The monoisotopic (exact) mass is 272 g/mol. The largest absolute Gasteiger partial charge is 0.493 e. The number of nitrogens with two attached hydrogens (primary N) is 1. The van der Waals surface area contributed by atoms with Crippen molar-refractivity contribution in [2.24, 2.45) is 5.84 Å². The molecule has 0 radical (unpaired) electrons. The Morgan fingerprint density at radius 3 is 3.20 bits per heavy atom. The van der Waals surface area contributed by atoms with Crippen LogP contribution in [0.15, 0.2) is 30.6 Å². The fraction of sp³-hybridized carbons (Fsp3) is 0.400. The molecule has 0 aliphatic carbocycles. The first-order chi connectivity index (χ1) is 9.83. The van der Waals surface area contributed by atoms with Crippen molar-refractivity contribution in [2.45, 2.75) is 32.4 Å². The van der Waals surface area contributed by atoms with E-state index in [1.165, 1.54) is 5.56 Å². The Kier molecular flexibility index (Phi) is 3.71. The summed E-state index contributed by atoms with van der Waals surface area (Å²) in [5, 5.41) is 0. The summed E-state index contributed by atoms with van der Waals surface area (Å²) in [5.74, 6) is 7.71. The van der Waals surface area contributed by atoms with Crippen LogP contribution in [0.2, 0.25) is 0 Å². The second kappa shape index (κ2) is 5.64. The molecule has 0 spiro atoms. The average Bonchev–Trinajstić information content (AvgIpc) is 3.09. The highest BCUT2D eigenvalue weighted by atomic mass is 16.5. The highest BCUT2D eigenvalue weighted by Crippen LogP contribution is 2.29. The van der Waals surface area contributed by atoms with Crippen LogP contribution in [0.1, 0.15) is 36.3 Å². The molecule has 0 fully saturated rings. The van der Waals surface area contributed by atoms with Gasteiger partial charge in [-0.15, -0.1) is 0 Å². The van der Waals surface area contributed by atoms with Gasteiger partial charge in [0.1, 0.15) is 17.6 Å². The minimum Gasteiger partial charge on any atom is -0.493 e. The molecule has 5 heteroatoms. The Morgan fingerprint density at radius 1 is 1.50 bits per heavy atom. The Morgan fingerprint density at radius 2 is 2.40 bits per heavy atom. The van der Waals surface area contributed by atoms with E-state index in [0.717, 1.165) is 43.1 Å². The second-order valence-electron chi connectivity index (χ2n) is 5.04. The highest BCUT2D eigenvalue weighted by molar-refractivity contribution is 5.42. The molecule has 1 atom stereocenters. The van der Waals surface area contributed by atoms with E-state index in [4.69, 9.17) is 10.6 Å². The molecule has 0 saturated heterocycles. The van der Waals surface area contributed by atoms with Crippen LogP contribution < -0.4 is 16.0 Å². The number of benzene rings is 1. The number of fused-ring (bicyclic) bond motifs is 1. The minimum atomic E-state index is -0.0950. The third-order valence-corrected chi connectivity index (χ3v) is 3.68. The summed E-state index contributed by atoms with van der Waals surface area (Å²) in [7, 11) is 0. The third kappa shape index (κ3) is 2.30. The summed E-state index contributed by atoms with van der Waals surface area (Å²) in [4.78, 5) is 4.47. The van der Waals surface area contributed by atoms with E-state index in [9.17, 15) is 0 Å². The van der Waals surface area contributed by atoms with Crippen molar-refractivity contribution < 1.29 is 4.74 Å². The van der Waals surface area contributed by atoms with E-state index in [0.29, 0.717) is 0 Å². The fourth-order valence-corrected chi connectivity index (χ4v) is 2.72. The molecule has 106 valence electrons. The summed E-state index contributed by atoms with van der Waals surface area (Å²) in [6.07, 6.45) is 5.86. The number of rotatable bonds is 5. The van der Waals surface area contributed by atoms with Gasteiger partial charge in [-0.25, -0.2) is 10.4 Å². The number of aryl methyl sites for hydroxylation is 1. The van der Waals surface area contributed by atoms with Crippen LogP contribution in [-0.2, 0) is 13.0 Å². The molecule has 1 unspecified atom stereocenters. The van der Waals surface area contributed by atoms with Crippen LogP contribution in [0.25, 0.3) is 0 Å². The molecule has 1 aromatic heterocycles. The Balaban J connectivity index is 1.95. The lowest BCUT2D eigenvalue weighted by molar-refractivity contribution is 0.356. The number of aromatic nitrogens is 2. The summed E-state index contributed by atoms with van der Waals surface area (Å²) < 4.78 is 7.69. The van der Waals surface area contributed by atoms with Crippen molar-refractivity contribution in [2.75, 3.05) is 6.61 Å². The maximum Gasteiger partial charge on any atom is 0.131 e. The molecular formula is C15H20N4O. The van der Waals surface area contributed by atoms with E-state index in [-0.39, 0.29) is 6.04 Å². The predicted octanol–water partition coefficient (Wildman–Crippen LogP) is 1.78. The van der Waals surface area contributed by atoms with Crippen LogP contribution in [0.3, 0.4) is 0 Å². The maximum atomic E-state index is 5.77. The van der Waals surface area contributed by atoms with Crippen LogP contribution in [-0.4, -0.2) is 16.2 Å². The number of hydrogen-bond acceptors (Lipinski definition) is 4. The van der Waals surface area contributed by atoms with Crippen LogP contribution in [0.4, 0.5) is 0 Å². The number of hydrogen-bond donors (Lipinski definition) is 2. The van der Waals surface area contributed by atoms with Gasteiger partial charge >= 0.3 is 0 Å². The molecule has 1 aliphatic rings. The van der Waals surface area contributed by atoms with Crippen LogP contribution in [0.5, 0.6) is 5.75 Å². The van der Waals surface area contributed by atoms with Gasteiger partial charge in [0.15, 0.2) is 0 Å². The highest BCUT2D eigenvalue weighted by Gasteiger charge is 2.20. The number of nitrogens with one attached hydrogen (secondary N) is 1. The quantitative estimate of drug-likeness (QED) is 0.643. The van der Waals surface area contributed by atoms with Gasteiger partial charge in [0.2, 0.25) is 0 Å². The van der Waals surface area contributed by atoms with Crippen LogP contribution in [0, 0.1) is 0 Å². The van der Waals surface area contributed by atoms with Crippen molar-refractivity contribution in [1.82, 2.24) is 15.0 Å². The van der Waals surface area contributed by atoms with E-state index < -0.39 is 0 Å². The Bertz CT molecular complexity index is 593. The molecule has 2 aromatic rings. The lowest BCUT2D eigenvalue weighted by Crippen LogP contribution is -2.31. The first-order valence-electron chi connectivity index (χ1n) is 7.06. The van der Waals surface area contributed by atoms with Crippen molar-refractivity contribution in [3.05, 3.63) is 47.5 Å². The first-order valence-corrected chi connectivity index (χ1v) is 7.06. The first kappa shape index (κ1) is 13.1. The zero-order chi connectivity index (χ0) is 13.9. The summed E-state index contributed by atoms with van der Waals surface area (Å²) in [6, 6.07) is 6.15. The zero-order valence-corrected chi connectivity index (χ0v) is 11.7. The predicted molar refractivity (Wildman–Crippen MR) is 77.3 cm³/mol. The molecule has 20 heavy (non-hydrogen) atoms.